The van der Waals surface area contributed by atoms with Crippen molar-refractivity contribution in [1.29, 1.82) is 0 Å². The van der Waals surface area contributed by atoms with Crippen LogP contribution in [-0.2, 0) is 4.57 Å². The molecule has 0 saturated carbocycles. The molecule has 1 heterocycles. The van der Waals surface area contributed by atoms with Crippen molar-refractivity contribution in [2.45, 2.75) is 0 Å². The fraction of sp³-hybridized carbons (Fsp3) is 0. The van der Waals surface area contributed by atoms with Crippen LogP contribution in [0.4, 0.5) is 5.69 Å². The van der Waals surface area contributed by atoms with E-state index in [9.17, 15) is 19.6 Å². The van der Waals surface area contributed by atoms with E-state index in [0.29, 0.717) is 11.0 Å². The van der Waals surface area contributed by atoms with Crippen LogP contribution in [0, 0.1) is 10.1 Å². The van der Waals surface area contributed by atoms with Gasteiger partial charge in [0.15, 0.2) is 5.57 Å². The van der Waals surface area contributed by atoms with E-state index in [0.717, 1.165) is 0 Å². The van der Waals surface area contributed by atoms with E-state index in [1.807, 2.05) is 0 Å². The second kappa shape index (κ2) is 4.80. The van der Waals surface area contributed by atoms with Gasteiger partial charge < -0.3 is 9.88 Å². The summed E-state index contributed by atoms with van der Waals surface area (Å²) in [6.07, 6.45) is 0. The topological polar surface area (TPSA) is 109 Å². The summed E-state index contributed by atoms with van der Waals surface area (Å²) < 4.78 is 12.5. The van der Waals surface area contributed by atoms with Gasteiger partial charge in [-0.2, -0.15) is 0 Å². The summed E-state index contributed by atoms with van der Waals surface area (Å²) in [5.74, 6) is 0. The molecule has 1 unspecified atom stereocenters. The highest BCUT2D eigenvalue weighted by atomic mass is 31.2. The van der Waals surface area contributed by atoms with Gasteiger partial charge in [-0.3, -0.25) is 14.7 Å². The molecule has 0 fully saturated rings. The molecule has 2 aromatic carbocycles. The van der Waals surface area contributed by atoms with E-state index in [2.05, 4.69) is 9.97 Å². The molecule has 0 aliphatic carbocycles. The van der Waals surface area contributed by atoms with Crippen molar-refractivity contribution in [2.75, 3.05) is 0 Å². The summed E-state index contributed by atoms with van der Waals surface area (Å²) in [7, 11) is -3.85. The fourth-order valence-corrected chi connectivity index (χ4v) is 3.33. The standard InChI is InChI=1S/C13H10N3O4P/c17-16(18)9-6-7-11-12(8-9)15-13(14-11)21(19,20)10-4-2-1-3-5-10/h1-8H,(H,14,15)(H,19,20). The van der Waals surface area contributed by atoms with Gasteiger partial charge in [0.2, 0.25) is 0 Å². The number of aromatic amines is 1. The number of nitro groups is 1. The van der Waals surface area contributed by atoms with Crippen LogP contribution in [0.15, 0.2) is 48.5 Å². The number of aromatic nitrogens is 2. The molecule has 3 rings (SSSR count). The number of fused-ring (bicyclic) bond motifs is 1. The molecular formula is C13H10N3O4P. The molecule has 0 spiro atoms. The number of rotatable bonds is 3. The van der Waals surface area contributed by atoms with Gasteiger partial charge in [-0.05, 0) is 18.2 Å². The van der Waals surface area contributed by atoms with Crippen LogP contribution in [0.2, 0.25) is 0 Å². The van der Waals surface area contributed by atoms with E-state index >= 15 is 0 Å². The minimum absolute atomic E-state index is 0.0933. The predicted octanol–water partition coefficient (Wildman–Crippen LogP) is 1.69. The molecule has 0 aliphatic heterocycles. The van der Waals surface area contributed by atoms with Crippen LogP contribution < -0.4 is 10.9 Å². The summed E-state index contributed by atoms with van der Waals surface area (Å²) in [4.78, 5) is 27.2. The van der Waals surface area contributed by atoms with E-state index < -0.39 is 12.3 Å². The molecule has 0 bridgehead atoms. The van der Waals surface area contributed by atoms with Gasteiger partial charge >= 0.3 is 0 Å². The quantitative estimate of drug-likeness (QED) is 0.435. The molecule has 8 heteroatoms. The van der Waals surface area contributed by atoms with Crippen LogP contribution >= 0.6 is 7.37 Å². The van der Waals surface area contributed by atoms with Gasteiger partial charge in [0.25, 0.3) is 13.1 Å². The molecule has 0 saturated heterocycles. The van der Waals surface area contributed by atoms with E-state index in [1.165, 1.54) is 30.3 Å². The van der Waals surface area contributed by atoms with Gasteiger partial charge in [0, 0.05) is 17.4 Å². The fourth-order valence-electron chi connectivity index (χ4n) is 1.99. The van der Waals surface area contributed by atoms with E-state index in [4.69, 9.17) is 0 Å². The van der Waals surface area contributed by atoms with Crippen molar-refractivity contribution in [3.05, 3.63) is 58.6 Å². The highest BCUT2D eigenvalue weighted by Crippen LogP contribution is 2.37. The zero-order chi connectivity index (χ0) is 15.0. The molecule has 3 aromatic rings. The first-order chi connectivity index (χ1) is 9.98. The van der Waals surface area contributed by atoms with Crippen molar-refractivity contribution >= 4 is 35.0 Å². The van der Waals surface area contributed by atoms with Gasteiger partial charge in [-0.25, -0.2) is 4.98 Å². The number of hydrogen-bond acceptors (Lipinski definition) is 4. The summed E-state index contributed by atoms with van der Waals surface area (Å²) in [6, 6.07) is 12.2. The zero-order valence-electron chi connectivity index (χ0n) is 10.6. The Bertz CT molecular complexity index is 876. The average Bonchev–Trinajstić information content (AvgIpc) is 2.91. The van der Waals surface area contributed by atoms with Crippen molar-refractivity contribution in [2.24, 2.45) is 0 Å². The Morgan fingerprint density at radius 2 is 1.90 bits per heavy atom. The number of H-pyrrole nitrogens is 1. The SMILES string of the molecule is O=[N+]([O-])c1ccc2nc(P(=O)(O)c3ccccc3)[nH]c2c1. The number of nitrogens with zero attached hydrogens (tertiary/aromatic N) is 2. The molecule has 106 valence electrons. The molecule has 1 aromatic heterocycles. The van der Waals surface area contributed by atoms with Crippen molar-refractivity contribution in [3.63, 3.8) is 0 Å². The zero-order valence-corrected chi connectivity index (χ0v) is 11.5. The van der Waals surface area contributed by atoms with E-state index in [-0.39, 0.29) is 16.6 Å². The smallest absolute Gasteiger partial charge is 0.293 e. The molecule has 0 amide bonds. The Kier molecular flexibility index (Phi) is 3.08. The lowest BCUT2D eigenvalue weighted by Gasteiger charge is -2.07. The van der Waals surface area contributed by atoms with Crippen molar-refractivity contribution in [1.82, 2.24) is 9.97 Å². The highest BCUT2D eigenvalue weighted by molar-refractivity contribution is 7.73. The Morgan fingerprint density at radius 1 is 1.19 bits per heavy atom. The lowest BCUT2D eigenvalue weighted by molar-refractivity contribution is -0.384. The Balaban J connectivity index is 2.13. The van der Waals surface area contributed by atoms with Gasteiger partial charge in [-0.1, -0.05) is 18.2 Å². The van der Waals surface area contributed by atoms with Crippen molar-refractivity contribution < 1.29 is 14.4 Å². The second-order valence-corrected chi connectivity index (χ2v) is 6.52. The third kappa shape index (κ3) is 2.33. The second-order valence-electron chi connectivity index (χ2n) is 4.43. The maximum atomic E-state index is 12.5. The number of hydrogen-bond donors (Lipinski definition) is 2. The first kappa shape index (κ1) is 13.5. The Hall–Kier alpha value is -2.50. The van der Waals surface area contributed by atoms with Crippen LogP contribution in [0.25, 0.3) is 11.0 Å². The van der Waals surface area contributed by atoms with Crippen molar-refractivity contribution in [3.8, 4) is 0 Å². The Morgan fingerprint density at radius 3 is 2.57 bits per heavy atom. The van der Waals surface area contributed by atoms with Gasteiger partial charge in [0.05, 0.1) is 16.0 Å². The van der Waals surface area contributed by atoms with Crippen LogP contribution in [0.5, 0.6) is 0 Å². The normalized spacial score (nSPS) is 14.0. The molecule has 0 radical (unpaired) electrons. The number of benzene rings is 2. The van der Waals surface area contributed by atoms with Crippen LogP contribution in [-0.4, -0.2) is 19.8 Å². The summed E-state index contributed by atoms with van der Waals surface area (Å²) in [5.41, 5.74) is 0.555. The molecule has 1 atom stereocenters. The van der Waals surface area contributed by atoms with Gasteiger partial charge in [0.1, 0.15) is 0 Å². The third-order valence-corrected chi connectivity index (χ3v) is 4.84. The van der Waals surface area contributed by atoms with Crippen LogP contribution in [0.1, 0.15) is 0 Å². The number of non-ortho nitro benzene ring substituents is 1. The summed E-state index contributed by atoms with van der Waals surface area (Å²) >= 11 is 0. The maximum absolute atomic E-state index is 12.5. The minimum atomic E-state index is -3.85. The summed E-state index contributed by atoms with van der Waals surface area (Å²) in [5, 5.41) is 11.0. The average molecular weight is 303 g/mol. The molecular weight excluding hydrogens is 293 g/mol. The first-order valence-corrected chi connectivity index (χ1v) is 7.67. The third-order valence-electron chi connectivity index (χ3n) is 3.06. The highest BCUT2D eigenvalue weighted by Gasteiger charge is 2.28. The Labute approximate surface area is 118 Å². The minimum Gasteiger partial charge on any atom is -0.336 e. The monoisotopic (exact) mass is 303 g/mol. The number of nitrogens with one attached hydrogen (secondary N) is 1. The number of nitro benzene ring substituents is 1. The lowest BCUT2D eigenvalue weighted by atomic mass is 10.3. The van der Waals surface area contributed by atoms with Crippen LogP contribution in [0.3, 0.4) is 0 Å². The first-order valence-electron chi connectivity index (χ1n) is 6.01. The lowest BCUT2D eigenvalue weighted by Crippen LogP contribution is -2.18. The predicted molar refractivity (Wildman–Crippen MR) is 78.3 cm³/mol. The molecule has 2 N–H and O–H groups in total. The largest absolute Gasteiger partial charge is 0.336 e. The number of imidazole rings is 1. The van der Waals surface area contributed by atoms with E-state index in [1.54, 1.807) is 18.2 Å². The maximum Gasteiger partial charge on any atom is 0.293 e. The summed E-state index contributed by atoms with van der Waals surface area (Å²) in [6.45, 7) is 0. The molecule has 21 heavy (non-hydrogen) atoms. The molecule has 7 nitrogen and oxygen atoms in total. The van der Waals surface area contributed by atoms with Gasteiger partial charge in [-0.15, -0.1) is 0 Å². The molecule has 0 aliphatic rings.